The molecule has 2 N–H and O–H groups in total. The van der Waals surface area contributed by atoms with Crippen molar-refractivity contribution < 1.29 is 4.74 Å². The molecule has 1 aromatic heterocycles. The molecule has 25 heavy (non-hydrogen) atoms. The van der Waals surface area contributed by atoms with E-state index in [0.29, 0.717) is 6.61 Å². The van der Waals surface area contributed by atoms with Gasteiger partial charge in [0.1, 0.15) is 12.4 Å². The van der Waals surface area contributed by atoms with Gasteiger partial charge < -0.3 is 15.0 Å². The first-order chi connectivity index (χ1) is 12.4. The van der Waals surface area contributed by atoms with Gasteiger partial charge in [0.2, 0.25) is 0 Å². The van der Waals surface area contributed by atoms with E-state index >= 15 is 0 Å². The second-order valence-electron chi connectivity index (χ2n) is 7.30. The smallest absolute Gasteiger partial charge is 0.120 e. The lowest BCUT2D eigenvalue weighted by Gasteiger charge is -2.22. The molecule has 3 nitrogen and oxygen atoms in total. The van der Waals surface area contributed by atoms with Crippen molar-refractivity contribution in [1.29, 1.82) is 0 Å². The molecule has 0 spiro atoms. The Morgan fingerprint density at radius 1 is 1.12 bits per heavy atom. The van der Waals surface area contributed by atoms with Crippen LogP contribution in [0.4, 0.5) is 0 Å². The molecule has 4 rings (SSSR count). The van der Waals surface area contributed by atoms with Gasteiger partial charge in [0, 0.05) is 17.1 Å². The molecule has 0 bridgehead atoms. The number of aryl methyl sites for hydroxylation is 1. The molecule has 1 aliphatic heterocycles. The highest BCUT2D eigenvalue weighted by Crippen LogP contribution is 2.27. The maximum absolute atomic E-state index is 6.03. The summed E-state index contributed by atoms with van der Waals surface area (Å²) in [4.78, 5) is 3.42. The Hall–Kier alpha value is -2.00. The van der Waals surface area contributed by atoms with Gasteiger partial charge in [0.25, 0.3) is 0 Å². The Bertz CT molecular complexity index is 765. The SMILES string of the molecule is C1=CC(COc2ccc3[nH]cc(CCC4CCNCC4)c3c2)=CCC1. The zero-order chi connectivity index (χ0) is 16.9. The van der Waals surface area contributed by atoms with Crippen molar-refractivity contribution in [2.75, 3.05) is 19.7 Å². The molecule has 2 aromatic rings. The van der Waals surface area contributed by atoms with Gasteiger partial charge in [-0.15, -0.1) is 0 Å². The van der Waals surface area contributed by atoms with Crippen molar-refractivity contribution in [1.82, 2.24) is 10.3 Å². The first-order valence-electron chi connectivity index (χ1n) is 9.67. The zero-order valence-corrected chi connectivity index (χ0v) is 14.9. The largest absolute Gasteiger partial charge is 0.489 e. The van der Waals surface area contributed by atoms with Gasteiger partial charge in [-0.05, 0) is 86.9 Å². The van der Waals surface area contributed by atoms with Crippen LogP contribution in [0.1, 0.15) is 37.7 Å². The van der Waals surface area contributed by atoms with Crippen molar-refractivity contribution in [2.45, 2.75) is 38.5 Å². The summed E-state index contributed by atoms with van der Waals surface area (Å²) in [5, 5.41) is 4.77. The van der Waals surface area contributed by atoms with Crippen molar-refractivity contribution in [2.24, 2.45) is 5.92 Å². The van der Waals surface area contributed by atoms with Gasteiger partial charge in [-0.25, -0.2) is 0 Å². The predicted octanol–water partition coefficient (Wildman–Crippen LogP) is 4.76. The summed E-state index contributed by atoms with van der Waals surface area (Å²) < 4.78 is 6.03. The molecule has 1 aliphatic carbocycles. The van der Waals surface area contributed by atoms with E-state index in [4.69, 9.17) is 4.74 Å². The van der Waals surface area contributed by atoms with Crippen LogP contribution in [0.25, 0.3) is 10.9 Å². The minimum Gasteiger partial charge on any atom is -0.489 e. The van der Waals surface area contributed by atoms with Crippen molar-refractivity contribution in [3.05, 3.63) is 53.8 Å². The van der Waals surface area contributed by atoms with Crippen LogP contribution in [-0.2, 0) is 6.42 Å². The van der Waals surface area contributed by atoms with Crippen molar-refractivity contribution in [3.63, 3.8) is 0 Å². The van der Waals surface area contributed by atoms with E-state index in [2.05, 4.69) is 52.9 Å². The van der Waals surface area contributed by atoms with Crippen LogP contribution in [0.15, 0.2) is 48.2 Å². The highest BCUT2D eigenvalue weighted by Gasteiger charge is 2.14. The minimum absolute atomic E-state index is 0.664. The third kappa shape index (κ3) is 4.16. The monoisotopic (exact) mass is 336 g/mol. The molecule has 1 saturated heterocycles. The number of H-pyrrole nitrogens is 1. The number of allylic oxidation sites excluding steroid dienone is 2. The first kappa shape index (κ1) is 16.5. The van der Waals surface area contributed by atoms with E-state index in [0.717, 1.165) is 30.9 Å². The van der Waals surface area contributed by atoms with Crippen LogP contribution >= 0.6 is 0 Å². The van der Waals surface area contributed by atoms with E-state index in [1.54, 1.807) is 0 Å². The van der Waals surface area contributed by atoms with Crippen LogP contribution in [0.2, 0.25) is 0 Å². The summed E-state index contributed by atoms with van der Waals surface area (Å²) >= 11 is 0. The van der Waals surface area contributed by atoms with Crippen LogP contribution in [0.5, 0.6) is 5.75 Å². The van der Waals surface area contributed by atoms with Crippen molar-refractivity contribution in [3.8, 4) is 5.75 Å². The Labute approximate surface area is 150 Å². The molecule has 1 aromatic carbocycles. The predicted molar refractivity (Wildman–Crippen MR) is 104 cm³/mol. The summed E-state index contributed by atoms with van der Waals surface area (Å²) in [6.45, 7) is 3.03. The Morgan fingerprint density at radius 3 is 2.88 bits per heavy atom. The minimum atomic E-state index is 0.664. The molecule has 0 saturated carbocycles. The van der Waals surface area contributed by atoms with E-state index in [1.807, 2.05) is 0 Å². The molecular weight excluding hydrogens is 308 g/mol. The number of ether oxygens (including phenoxy) is 1. The molecule has 0 radical (unpaired) electrons. The lowest BCUT2D eigenvalue weighted by Crippen LogP contribution is -2.27. The van der Waals surface area contributed by atoms with Gasteiger partial charge in [-0.2, -0.15) is 0 Å². The summed E-state index contributed by atoms with van der Waals surface area (Å²) in [6.07, 6.45) is 16.2. The molecule has 3 heteroatoms. The van der Waals surface area contributed by atoms with Crippen LogP contribution in [0.3, 0.4) is 0 Å². The average molecular weight is 336 g/mol. The fraction of sp³-hybridized carbons (Fsp3) is 0.455. The highest BCUT2D eigenvalue weighted by molar-refractivity contribution is 5.84. The fourth-order valence-electron chi connectivity index (χ4n) is 3.93. The normalized spacial score (nSPS) is 18.5. The third-order valence-electron chi connectivity index (χ3n) is 5.50. The van der Waals surface area contributed by atoms with Gasteiger partial charge in [0.05, 0.1) is 0 Å². The maximum atomic E-state index is 6.03. The number of rotatable bonds is 6. The summed E-state index contributed by atoms with van der Waals surface area (Å²) in [6, 6.07) is 6.42. The third-order valence-corrected chi connectivity index (χ3v) is 5.50. The summed E-state index contributed by atoms with van der Waals surface area (Å²) in [7, 11) is 0. The van der Waals surface area contributed by atoms with E-state index < -0.39 is 0 Å². The Morgan fingerprint density at radius 2 is 2.04 bits per heavy atom. The van der Waals surface area contributed by atoms with Gasteiger partial charge in [-0.3, -0.25) is 0 Å². The van der Waals surface area contributed by atoms with Crippen LogP contribution in [-0.4, -0.2) is 24.7 Å². The standard InChI is InChI=1S/C22H28N2O/c1-2-4-18(5-3-1)16-25-20-8-9-22-21(14-20)19(15-24-22)7-6-17-10-12-23-13-11-17/h2,4-5,8-9,14-15,17,23-24H,1,3,6-7,10-13,16H2. The summed E-state index contributed by atoms with van der Waals surface area (Å²) in [5.74, 6) is 1.84. The number of nitrogens with one attached hydrogen (secondary N) is 2. The quantitative estimate of drug-likeness (QED) is 0.798. The Kier molecular flexibility index (Phi) is 5.22. The number of hydrogen-bond donors (Lipinski definition) is 2. The Balaban J connectivity index is 1.41. The number of benzene rings is 1. The number of aromatic amines is 1. The highest BCUT2D eigenvalue weighted by atomic mass is 16.5. The van der Waals surface area contributed by atoms with Crippen LogP contribution in [0, 0.1) is 5.92 Å². The first-order valence-corrected chi connectivity index (χ1v) is 9.67. The lowest BCUT2D eigenvalue weighted by atomic mass is 9.91. The lowest BCUT2D eigenvalue weighted by molar-refractivity contribution is 0.354. The van der Waals surface area contributed by atoms with Crippen molar-refractivity contribution >= 4 is 10.9 Å². The van der Waals surface area contributed by atoms with Gasteiger partial charge in [-0.1, -0.05) is 18.2 Å². The van der Waals surface area contributed by atoms with Crippen LogP contribution < -0.4 is 10.1 Å². The topological polar surface area (TPSA) is 37.0 Å². The second kappa shape index (κ2) is 7.92. The number of hydrogen-bond acceptors (Lipinski definition) is 2. The van der Waals surface area contributed by atoms with E-state index in [9.17, 15) is 0 Å². The molecule has 0 unspecified atom stereocenters. The maximum Gasteiger partial charge on any atom is 0.120 e. The molecule has 0 atom stereocenters. The zero-order valence-electron chi connectivity index (χ0n) is 14.9. The number of fused-ring (bicyclic) bond motifs is 1. The molecule has 1 fully saturated rings. The molecule has 132 valence electrons. The molecule has 0 amide bonds. The fourth-order valence-corrected chi connectivity index (χ4v) is 3.93. The molecule has 2 aliphatic rings. The average Bonchev–Trinajstić information content (AvgIpc) is 3.09. The van der Waals surface area contributed by atoms with Gasteiger partial charge in [0.15, 0.2) is 0 Å². The number of piperidine rings is 1. The number of aromatic nitrogens is 1. The van der Waals surface area contributed by atoms with E-state index in [1.165, 1.54) is 54.4 Å². The van der Waals surface area contributed by atoms with E-state index in [-0.39, 0.29) is 0 Å². The summed E-state index contributed by atoms with van der Waals surface area (Å²) in [5.41, 5.74) is 3.92. The van der Waals surface area contributed by atoms with Gasteiger partial charge >= 0.3 is 0 Å². The molecular formula is C22H28N2O. The molecule has 2 heterocycles. The second-order valence-corrected chi connectivity index (χ2v) is 7.30.